The molecule has 2 rings (SSSR count). The SMILES string of the molecule is C=C1C(=O)O[C@@H]2/C=C(\CO)CC/C=C(\CO)[C@H](OC(C)=O)[C@@H](OC(=O)/C(C)=C\C)[C@@H]12. The third kappa shape index (κ3) is 5.25. The Morgan fingerprint density at radius 1 is 1.27 bits per heavy atom. The first-order valence-corrected chi connectivity index (χ1v) is 9.74. The van der Waals surface area contributed by atoms with Crippen molar-refractivity contribution in [3.8, 4) is 0 Å². The molecule has 2 aliphatic rings. The predicted octanol–water partition coefficient (Wildman–Crippen LogP) is 1.53. The molecule has 0 bridgehead atoms. The Morgan fingerprint density at radius 3 is 2.53 bits per heavy atom. The first-order chi connectivity index (χ1) is 14.2. The molecule has 0 saturated carbocycles. The van der Waals surface area contributed by atoms with Crippen LogP contribution in [0.5, 0.6) is 0 Å². The van der Waals surface area contributed by atoms with Gasteiger partial charge in [0, 0.05) is 18.1 Å². The van der Waals surface area contributed by atoms with Gasteiger partial charge in [-0.15, -0.1) is 0 Å². The smallest absolute Gasteiger partial charge is 0.334 e. The van der Waals surface area contributed by atoms with Crippen LogP contribution in [-0.2, 0) is 28.6 Å². The van der Waals surface area contributed by atoms with E-state index in [0.717, 1.165) is 0 Å². The zero-order valence-electron chi connectivity index (χ0n) is 17.4. The summed E-state index contributed by atoms with van der Waals surface area (Å²) in [5.41, 5.74) is 1.33. The van der Waals surface area contributed by atoms with Gasteiger partial charge in [0.05, 0.1) is 19.1 Å². The molecule has 1 fully saturated rings. The molecule has 0 unspecified atom stereocenters. The zero-order chi connectivity index (χ0) is 22.4. The number of hydrogen-bond acceptors (Lipinski definition) is 8. The number of hydrogen-bond donors (Lipinski definition) is 2. The van der Waals surface area contributed by atoms with E-state index in [9.17, 15) is 24.6 Å². The van der Waals surface area contributed by atoms with Gasteiger partial charge < -0.3 is 24.4 Å². The van der Waals surface area contributed by atoms with Gasteiger partial charge in [-0.2, -0.15) is 0 Å². The van der Waals surface area contributed by atoms with Crippen molar-refractivity contribution >= 4 is 17.9 Å². The molecule has 0 amide bonds. The summed E-state index contributed by atoms with van der Waals surface area (Å²) in [5, 5.41) is 19.6. The van der Waals surface area contributed by atoms with Gasteiger partial charge in [0.2, 0.25) is 0 Å². The Balaban J connectivity index is 2.64. The Morgan fingerprint density at radius 2 is 1.97 bits per heavy atom. The van der Waals surface area contributed by atoms with Crippen LogP contribution in [0.1, 0.15) is 33.6 Å². The molecule has 0 spiro atoms. The van der Waals surface area contributed by atoms with Crippen molar-refractivity contribution in [2.75, 3.05) is 13.2 Å². The summed E-state index contributed by atoms with van der Waals surface area (Å²) in [7, 11) is 0. The lowest BCUT2D eigenvalue weighted by atomic mass is 9.83. The molecule has 0 radical (unpaired) electrons. The molecule has 164 valence electrons. The van der Waals surface area contributed by atoms with Crippen LogP contribution in [0.4, 0.5) is 0 Å². The van der Waals surface area contributed by atoms with Crippen molar-refractivity contribution in [2.45, 2.75) is 51.9 Å². The van der Waals surface area contributed by atoms with Crippen LogP contribution >= 0.6 is 0 Å². The van der Waals surface area contributed by atoms with E-state index < -0.39 is 48.7 Å². The van der Waals surface area contributed by atoms with E-state index in [1.807, 2.05) is 0 Å². The highest BCUT2D eigenvalue weighted by atomic mass is 16.6. The second-order valence-electron chi connectivity index (χ2n) is 7.25. The fraction of sp³-hybridized carbons (Fsp3) is 0.500. The van der Waals surface area contributed by atoms with Crippen LogP contribution < -0.4 is 0 Å². The monoisotopic (exact) mass is 420 g/mol. The Labute approximate surface area is 175 Å². The molecule has 0 aromatic rings. The van der Waals surface area contributed by atoms with Crippen molar-refractivity contribution in [2.24, 2.45) is 5.92 Å². The highest BCUT2D eigenvalue weighted by molar-refractivity contribution is 5.92. The van der Waals surface area contributed by atoms with Gasteiger partial charge in [-0.3, -0.25) is 4.79 Å². The van der Waals surface area contributed by atoms with Crippen LogP contribution in [0.2, 0.25) is 0 Å². The summed E-state index contributed by atoms with van der Waals surface area (Å²) in [6, 6.07) is 0. The molecule has 8 heteroatoms. The van der Waals surface area contributed by atoms with E-state index >= 15 is 0 Å². The van der Waals surface area contributed by atoms with Gasteiger partial charge in [-0.05, 0) is 43.9 Å². The fourth-order valence-corrected chi connectivity index (χ4v) is 3.48. The summed E-state index contributed by atoms with van der Waals surface area (Å²) in [5.74, 6) is -2.84. The molecular weight excluding hydrogens is 392 g/mol. The maximum Gasteiger partial charge on any atom is 0.334 e. The number of carbonyl (C=O) groups is 3. The molecule has 1 saturated heterocycles. The average molecular weight is 420 g/mol. The average Bonchev–Trinajstić information content (AvgIpc) is 2.99. The van der Waals surface area contributed by atoms with Crippen LogP contribution in [0.3, 0.4) is 0 Å². The minimum atomic E-state index is -1.17. The molecule has 2 N–H and O–H groups in total. The van der Waals surface area contributed by atoms with Gasteiger partial charge in [-0.1, -0.05) is 18.7 Å². The van der Waals surface area contributed by atoms with E-state index in [-0.39, 0.29) is 12.2 Å². The fourth-order valence-electron chi connectivity index (χ4n) is 3.48. The predicted molar refractivity (Wildman–Crippen MR) is 107 cm³/mol. The molecular formula is C22H28O8. The standard InChI is InChI=1S/C22H28O8/c1-5-12(2)21(26)30-20-18-13(3)22(27)29-17(18)9-15(10-23)7-6-8-16(11-24)19(20)28-14(4)25/h5,8-9,17-20,23-24H,3,6-7,10-11H2,1-2,4H3/b12-5-,15-9-,16-8+/t17-,18+,19+,20+/m1/s1. The van der Waals surface area contributed by atoms with Crippen LogP contribution in [0, 0.1) is 5.92 Å². The largest absolute Gasteiger partial charge is 0.454 e. The van der Waals surface area contributed by atoms with E-state index in [1.54, 1.807) is 32.1 Å². The van der Waals surface area contributed by atoms with Gasteiger partial charge in [0.15, 0.2) is 12.2 Å². The van der Waals surface area contributed by atoms with E-state index in [1.165, 1.54) is 6.92 Å². The maximum absolute atomic E-state index is 12.6. The first-order valence-electron chi connectivity index (χ1n) is 9.74. The maximum atomic E-state index is 12.6. The van der Waals surface area contributed by atoms with Gasteiger partial charge >= 0.3 is 17.9 Å². The van der Waals surface area contributed by atoms with Crippen molar-refractivity contribution in [1.82, 2.24) is 0 Å². The molecule has 0 aromatic heterocycles. The molecule has 1 aliphatic carbocycles. The number of carbonyl (C=O) groups excluding carboxylic acids is 3. The molecule has 1 heterocycles. The third-order valence-corrected chi connectivity index (χ3v) is 5.23. The van der Waals surface area contributed by atoms with Crippen molar-refractivity contribution in [3.63, 3.8) is 0 Å². The second-order valence-corrected chi connectivity index (χ2v) is 7.25. The Bertz CT molecular complexity index is 804. The van der Waals surface area contributed by atoms with E-state index in [2.05, 4.69) is 6.58 Å². The summed E-state index contributed by atoms with van der Waals surface area (Å²) >= 11 is 0. The second kappa shape index (κ2) is 10.4. The molecule has 4 atom stereocenters. The van der Waals surface area contributed by atoms with Crippen LogP contribution in [0.15, 0.2) is 47.1 Å². The normalized spacial score (nSPS) is 30.9. The zero-order valence-corrected chi connectivity index (χ0v) is 17.4. The van der Waals surface area contributed by atoms with Crippen molar-refractivity contribution in [1.29, 1.82) is 0 Å². The lowest BCUT2D eigenvalue weighted by Crippen LogP contribution is -2.45. The lowest BCUT2D eigenvalue weighted by Gasteiger charge is -2.33. The molecule has 30 heavy (non-hydrogen) atoms. The highest BCUT2D eigenvalue weighted by Gasteiger charge is 2.49. The summed E-state index contributed by atoms with van der Waals surface area (Å²) < 4.78 is 16.6. The minimum absolute atomic E-state index is 0.0551. The van der Waals surface area contributed by atoms with Gasteiger partial charge in [0.1, 0.15) is 6.10 Å². The minimum Gasteiger partial charge on any atom is -0.454 e. The Kier molecular flexibility index (Phi) is 8.14. The van der Waals surface area contributed by atoms with Gasteiger partial charge in [-0.25, -0.2) is 9.59 Å². The number of fused-ring (bicyclic) bond motifs is 1. The van der Waals surface area contributed by atoms with Crippen LogP contribution in [-0.4, -0.2) is 59.6 Å². The number of allylic oxidation sites excluding steroid dienone is 2. The number of esters is 3. The summed E-state index contributed by atoms with van der Waals surface area (Å²) in [6.45, 7) is 7.54. The Hall–Kier alpha value is -2.71. The lowest BCUT2D eigenvalue weighted by molar-refractivity contribution is -0.166. The number of ether oxygens (including phenoxy) is 3. The number of aliphatic hydroxyl groups is 2. The van der Waals surface area contributed by atoms with Crippen molar-refractivity contribution in [3.05, 3.63) is 47.1 Å². The highest BCUT2D eigenvalue weighted by Crippen LogP contribution is 2.37. The van der Waals surface area contributed by atoms with Gasteiger partial charge in [0.25, 0.3) is 0 Å². The molecule has 8 nitrogen and oxygen atoms in total. The summed E-state index contributed by atoms with van der Waals surface area (Å²) in [6.07, 6.45) is 2.57. The number of aliphatic hydroxyl groups excluding tert-OH is 2. The van der Waals surface area contributed by atoms with E-state index in [0.29, 0.717) is 29.6 Å². The van der Waals surface area contributed by atoms with E-state index in [4.69, 9.17) is 14.2 Å². The van der Waals surface area contributed by atoms with Crippen LogP contribution in [0.25, 0.3) is 0 Å². The van der Waals surface area contributed by atoms with Crippen molar-refractivity contribution < 1.29 is 38.8 Å². The number of rotatable bonds is 5. The quantitative estimate of drug-likeness (QED) is 0.297. The third-order valence-electron chi connectivity index (χ3n) is 5.23. The molecule has 1 aliphatic heterocycles. The topological polar surface area (TPSA) is 119 Å². The summed E-state index contributed by atoms with van der Waals surface area (Å²) in [4.78, 5) is 36.7. The first kappa shape index (κ1) is 23.6. The molecule has 0 aromatic carbocycles.